The van der Waals surface area contributed by atoms with Gasteiger partial charge in [0, 0.05) is 11.6 Å². The van der Waals surface area contributed by atoms with Crippen molar-refractivity contribution < 1.29 is 14.4 Å². The monoisotopic (exact) mass is 260 g/mol. The van der Waals surface area contributed by atoms with Crippen molar-refractivity contribution in [2.45, 2.75) is 25.8 Å². The molecule has 0 saturated heterocycles. The van der Waals surface area contributed by atoms with Crippen LogP contribution in [-0.2, 0) is 11.2 Å². The number of aromatic hydroxyl groups is 1. The molecule has 5 heteroatoms. The molecule has 0 aliphatic carbocycles. The highest BCUT2D eigenvalue weighted by atomic mass is 16.5. The van der Waals surface area contributed by atoms with Crippen molar-refractivity contribution in [3.8, 4) is 5.75 Å². The highest BCUT2D eigenvalue weighted by Crippen LogP contribution is 2.25. The lowest BCUT2D eigenvalue weighted by Gasteiger charge is -2.18. The van der Waals surface area contributed by atoms with Gasteiger partial charge in [0.05, 0.1) is 18.2 Å². The summed E-state index contributed by atoms with van der Waals surface area (Å²) in [6.07, 6.45) is 2.30. The predicted octanol–water partition coefficient (Wildman–Crippen LogP) is 2.19. The van der Waals surface area contributed by atoms with E-state index in [0.717, 1.165) is 5.56 Å². The Morgan fingerprint density at radius 2 is 2.21 bits per heavy atom. The zero-order valence-electron chi connectivity index (χ0n) is 10.7. The first kappa shape index (κ1) is 13.1. The molecule has 1 heterocycles. The highest BCUT2D eigenvalue weighted by molar-refractivity contribution is 5.78. The SMILES string of the molecule is CC[C@@H](NC(=O)Cc1ccon1)c1ccccc1O. The lowest BCUT2D eigenvalue weighted by Crippen LogP contribution is -2.29. The van der Waals surface area contributed by atoms with Crippen LogP contribution in [0.25, 0.3) is 0 Å². The molecule has 19 heavy (non-hydrogen) atoms. The Kier molecular flexibility index (Phi) is 4.18. The van der Waals surface area contributed by atoms with Gasteiger partial charge in [-0.15, -0.1) is 0 Å². The molecular formula is C14H16N2O3. The molecule has 0 aliphatic heterocycles. The summed E-state index contributed by atoms with van der Waals surface area (Å²) in [6.45, 7) is 1.95. The van der Waals surface area contributed by atoms with Gasteiger partial charge in [0.25, 0.3) is 0 Å². The molecule has 0 spiro atoms. The second-order valence-electron chi connectivity index (χ2n) is 4.25. The van der Waals surface area contributed by atoms with Crippen molar-refractivity contribution in [1.29, 1.82) is 0 Å². The molecule has 1 aromatic heterocycles. The van der Waals surface area contributed by atoms with E-state index < -0.39 is 0 Å². The third kappa shape index (κ3) is 3.34. The molecule has 2 rings (SSSR count). The number of para-hydroxylation sites is 1. The predicted molar refractivity (Wildman–Crippen MR) is 69.5 cm³/mol. The number of hydrogen-bond donors (Lipinski definition) is 2. The zero-order chi connectivity index (χ0) is 13.7. The molecule has 0 saturated carbocycles. The van der Waals surface area contributed by atoms with Crippen LogP contribution in [0.4, 0.5) is 0 Å². The van der Waals surface area contributed by atoms with Crippen LogP contribution in [0.3, 0.4) is 0 Å². The van der Waals surface area contributed by atoms with Crippen molar-refractivity contribution in [3.63, 3.8) is 0 Å². The molecule has 1 atom stereocenters. The molecule has 100 valence electrons. The second kappa shape index (κ2) is 6.04. The Morgan fingerprint density at radius 1 is 1.42 bits per heavy atom. The van der Waals surface area contributed by atoms with Gasteiger partial charge >= 0.3 is 0 Å². The first-order valence-electron chi connectivity index (χ1n) is 6.17. The largest absolute Gasteiger partial charge is 0.508 e. The number of hydrogen-bond acceptors (Lipinski definition) is 4. The molecule has 0 radical (unpaired) electrons. The van der Waals surface area contributed by atoms with Crippen molar-refractivity contribution in [2.24, 2.45) is 0 Å². The Labute approximate surface area is 111 Å². The number of phenols is 1. The van der Waals surface area contributed by atoms with Gasteiger partial charge in [0.15, 0.2) is 0 Å². The molecule has 1 amide bonds. The average molecular weight is 260 g/mol. The molecule has 5 nitrogen and oxygen atoms in total. The molecule has 0 fully saturated rings. The number of carbonyl (C=O) groups is 1. The van der Waals surface area contributed by atoms with Gasteiger partial charge < -0.3 is 14.9 Å². The van der Waals surface area contributed by atoms with E-state index in [0.29, 0.717) is 12.1 Å². The third-order valence-electron chi connectivity index (χ3n) is 2.89. The smallest absolute Gasteiger partial charge is 0.226 e. The van der Waals surface area contributed by atoms with E-state index in [4.69, 9.17) is 0 Å². The van der Waals surface area contributed by atoms with Gasteiger partial charge in [0.2, 0.25) is 5.91 Å². The van der Waals surface area contributed by atoms with Crippen LogP contribution < -0.4 is 5.32 Å². The van der Waals surface area contributed by atoms with Crippen LogP contribution in [0.5, 0.6) is 5.75 Å². The number of nitrogens with zero attached hydrogens (tertiary/aromatic N) is 1. The number of benzene rings is 1. The summed E-state index contributed by atoms with van der Waals surface area (Å²) in [7, 11) is 0. The van der Waals surface area contributed by atoms with Crippen LogP contribution in [0.15, 0.2) is 41.1 Å². The normalized spacial score (nSPS) is 12.1. The van der Waals surface area contributed by atoms with E-state index in [1.54, 1.807) is 24.3 Å². The minimum Gasteiger partial charge on any atom is -0.508 e. The third-order valence-corrected chi connectivity index (χ3v) is 2.89. The summed E-state index contributed by atoms with van der Waals surface area (Å²) in [6, 6.07) is 8.45. The van der Waals surface area contributed by atoms with E-state index >= 15 is 0 Å². The molecule has 2 aromatic rings. The van der Waals surface area contributed by atoms with Gasteiger partial charge in [-0.1, -0.05) is 30.3 Å². The number of aromatic nitrogens is 1. The topological polar surface area (TPSA) is 75.4 Å². The van der Waals surface area contributed by atoms with Crippen LogP contribution in [0.1, 0.15) is 30.6 Å². The highest BCUT2D eigenvalue weighted by Gasteiger charge is 2.16. The van der Waals surface area contributed by atoms with Crippen molar-refractivity contribution >= 4 is 5.91 Å². The van der Waals surface area contributed by atoms with Gasteiger partial charge in [-0.3, -0.25) is 4.79 Å². The quantitative estimate of drug-likeness (QED) is 0.864. The van der Waals surface area contributed by atoms with E-state index in [1.165, 1.54) is 6.26 Å². The summed E-state index contributed by atoms with van der Waals surface area (Å²) in [4.78, 5) is 11.9. The Morgan fingerprint density at radius 3 is 2.84 bits per heavy atom. The number of amides is 1. The Hall–Kier alpha value is -2.30. The maximum atomic E-state index is 11.9. The molecule has 0 aliphatic rings. The molecule has 0 unspecified atom stereocenters. The van der Waals surface area contributed by atoms with Crippen LogP contribution in [0, 0.1) is 0 Å². The number of carbonyl (C=O) groups excluding carboxylic acids is 1. The van der Waals surface area contributed by atoms with Crippen LogP contribution in [0.2, 0.25) is 0 Å². The first-order chi connectivity index (χ1) is 9.20. The maximum Gasteiger partial charge on any atom is 0.226 e. The number of phenolic OH excluding ortho intramolecular Hbond substituents is 1. The summed E-state index contributed by atoms with van der Waals surface area (Å²) >= 11 is 0. The van der Waals surface area contributed by atoms with Gasteiger partial charge in [-0.05, 0) is 12.5 Å². The minimum atomic E-state index is -0.208. The number of rotatable bonds is 5. The summed E-state index contributed by atoms with van der Waals surface area (Å²) in [5, 5.41) is 16.4. The summed E-state index contributed by atoms with van der Waals surface area (Å²) in [5.41, 5.74) is 1.31. The van der Waals surface area contributed by atoms with Crippen molar-refractivity contribution in [1.82, 2.24) is 10.5 Å². The molecule has 2 N–H and O–H groups in total. The Bertz CT molecular complexity index is 537. The average Bonchev–Trinajstić information content (AvgIpc) is 2.89. The fourth-order valence-corrected chi connectivity index (χ4v) is 1.92. The lowest BCUT2D eigenvalue weighted by molar-refractivity contribution is -0.121. The maximum absolute atomic E-state index is 11.9. The zero-order valence-corrected chi connectivity index (χ0v) is 10.7. The van der Waals surface area contributed by atoms with E-state index in [9.17, 15) is 9.90 Å². The van der Waals surface area contributed by atoms with Gasteiger partial charge in [-0.2, -0.15) is 0 Å². The van der Waals surface area contributed by atoms with E-state index in [-0.39, 0.29) is 24.1 Å². The molecule has 0 bridgehead atoms. The van der Waals surface area contributed by atoms with E-state index in [2.05, 4.69) is 15.0 Å². The number of nitrogens with one attached hydrogen (secondary N) is 1. The van der Waals surface area contributed by atoms with Gasteiger partial charge in [-0.25, -0.2) is 0 Å². The summed E-state index contributed by atoms with van der Waals surface area (Å²) < 4.78 is 4.68. The van der Waals surface area contributed by atoms with Crippen LogP contribution in [-0.4, -0.2) is 16.2 Å². The van der Waals surface area contributed by atoms with Crippen molar-refractivity contribution in [2.75, 3.05) is 0 Å². The minimum absolute atomic E-state index is 0.149. The van der Waals surface area contributed by atoms with Gasteiger partial charge in [0.1, 0.15) is 12.0 Å². The lowest BCUT2D eigenvalue weighted by atomic mass is 10.0. The molecular weight excluding hydrogens is 244 g/mol. The fraction of sp³-hybridized carbons (Fsp3) is 0.286. The standard InChI is InChI=1S/C14H16N2O3/c1-2-12(11-5-3-4-6-13(11)17)15-14(18)9-10-7-8-19-16-10/h3-8,12,17H,2,9H2,1H3,(H,15,18)/t12-/m1/s1. The molecule has 1 aromatic carbocycles. The summed E-state index contributed by atoms with van der Waals surface area (Å²) in [5.74, 6) is 0.0417. The van der Waals surface area contributed by atoms with Crippen molar-refractivity contribution in [3.05, 3.63) is 47.9 Å². The van der Waals surface area contributed by atoms with Crippen LogP contribution >= 0.6 is 0 Å². The Balaban J connectivity index is 2.03. The fourth-order valence-electron chi connectivity index (χ4n) is 1.92. The first-order valence-corrected chi connectivity index (χ1v) is 6.17. The second-order valence-corrected chi connectivity index (χ2v) is 4.25. The van der Waals surface area contributed by atoms with E-state index in [1.807, 2.05) is 13.0 Å².